The quantitative estimate of drug-likeness (QED) is 0.793. The predicted octanol–water partition coefficient (Wildman–Crippen LogP) is 3.71. The summed E-state index contributed by atoms with van der Waals surface area (Å²) >= 11 is 0. The largest absolute Gasteiger partial charge is 0.496 e. The number of methoxy groups -OCH3 is 1. The van der Waals surface area contributed by atoms with Gasteiger partial charge in [-0.05, 0) is 32.5 Å². The zero-order valence-corrected chi connectivity index (χ0v) is 17.0. The summed E-state index contributed by atoms with van der Waals surface area (Å²) in [6, 6.07) is 8.46. The highest BCUT2D eigenvalue weighted by molar-refractivity contribution is 5.57. The lowest BCUT2D eigenvalue weighted by atomic mass is 10.0. The van der Waals surface area contributed by atoms with Gasteiger partial charge in [-0.25, -0.2) is 9.97 Å². The minimum Gasteiger partial charge on any atom is -0.496 e. The van der Waals surface area contributed by atoms with Gasteiger partial charge in [-0.1, -0.05) is 36.8 Å². The van der Waals surface area contributed by atoms with Crippen LogP contribution in [0.4, 0.5) is 0 Å². The molecule has 1 fully saturated rings. The predicted molar refractivity (Wildman–Crippen MR) is 112 cm³/mol. The lowest BCUT2D eigenvalue weighted by molar-refractivity contribution is 0.158. The Morgan fingerprint density at radius 3 is 3.00 bits per heavy atom. The Kier molecular flexibility index (Phi) is 6.03. The Morgan fingerprint density at radius 1 is 1.21 bits per heavy atom. The Bertz CT molecular complexity index is 835. The van der Waals surface area contributed by atoms with Crippen LogP contribution < -0.4 is 4.74 Å². The van der Waals surface area contributed by atoms with E-state index < -0.39 is 0 Å². The molecule has 2 aliphatic heterocycles. The lowest BCUT2D eigenvalue weighted by Crippen LogP contribution is -2.35. The van der Waals surface area contributed by atoms with Crippen molar-refractivity contribution in [1.29, 1.82) is 0 Å². The van der Waals surface area contributed by atoms with Crippen molar-refractivity contribution in [2.24, 2.45) is 0 Å². The van der Waals surface area contributed by atoms with E-state index in [9.17, 15) is 0 Å². The number of fused-ring (bicyclic) bond motifs is 1. The van der Waals surface area contributed by atoms with Gasteiger partial charge in [0.25, 0.3) is 0 Å². The average Bonchev–Trinajstić information content (AvgIpc) is 2.74. The first-order valence-corrected chi connectivity index (χ1v) is 10.3. The van der Waals surface area contributed by atoms with Gasteiger partial charge in [0.1, 0.15) is 11.6 Å². The molecule has 0 radical (unpaired) electrons. The van der Waals surface area contributed by atoms with Crippen molar-refractivity contribution in [2.75, 3.05) is 33.8 Å². The smallest absolute Gasteiger partial charge is 0.145 e. The van der Waals surface area contributed by atoms with Crippen LogP contribution in [0.1, 0.15) is 47.9 Å². The molecule has 2 aliphatic rings. The standard InChI is InChI=1S/C23H30N4O/c1-26-15-12-20-19(17-26)16-24-23(25-20)21-10-5-6-13-27(21)14-7-9-18-8-3-4-11-22(18)28-2/h3-4,7-9,11,16,21H,5-6,10,12-15,17H2,1-2H3. The van der Waals surface area contributed by atoms with Gasteiger partial charge in [0.05, 0.1) is 13.2 Å². The van der Waals surface area contributed by atoms with E-state index in [1.165, 1.54) is 24.1 Å². The van der Waals surface area contributed by atoms with Gasteiger partial charge in [-0.2, -0.15) is 0 Å². The lowest BCUT2D eigenvalue weighted by Gasteiger charge is -2.34. The fourth-order valence-corrected chi connectivity index (χ4v) is 4.25. The van der Waals surface area contributed by atoms with Gasteiger partial charge in [-0.3, -0.25) is 4.90 Å². The Morgan fingerprint density at radius 2 is 2.11 bits per heavy atom. The van der Waals surface area contributed by atoms with Crippen LogP contribution in [0.15, 0.2) is 36.5 Å². The SMILES string of the molecule is COc1ccccc1C=CCN1CCCCC1c1ncc2c(n1)CCN(C)C2. The van der Waals surface area contributed by atoms with Crippen molar-refractivity contribution in [2.45, 2.75) is 38.3 Å². The normalized spacial score (nSPS) is 21.0. The fraction of sp³-hybridized carbons (Fsp3) is 0.478. The molecule has 3 heterocycles. The van der Waals surface area contributed by atoms with Crippen molar-refractivity contribution >= 4 is 6.08 Å². The van der Waals surface area contributed by atoms with E-state index in [4.69, 9.17) is 14.7 Å². The Balaban J connectivity index is 1.48. The zero-order chi connectivity index (χ0) is 19.3. The van der Waals surface area contributed by atoms with Crippen LogP contribution in [0.3, 0.4) is 0 Å². The number of piperidine rings is 1. The second-order valence-electron chi connectivity index (χ2n) is 7.84. The van der Waals surface area contributed by atoms with E-state index in [0.717, 1.165) is 56.2 Å². The number of nitrogens with zero attached hydrogens (tertiary/aromatic N) is 4. The minimum absolute atomic E-state index is 0.320. The maximum absolute atomic E-state index is 5.45. The Labute approximate surface area is 168 Å². The van der Waals surface area contributed by atoms with E-state index in [1.807, 2.05) is 18.2 Å². The molecule has 5 nitrogen and oxygen atoms in total. The highest BCUT2D eigenvalue weighted by Gasteiger charge is 2.26. The number of hydrogen-bond acceptors (Lipinski definition) is 5. The second-order valence-corrected chi connectivity index (χ2v) is 7.84. The number of likely N-dealkylation sites (tertiary alicyclic amines) is 1. The molecule has 1 atom stereocenters. The van der Waals surface area contributed by atoms with Crippen molar-refractivity contribution in [1.82, 2.24) is 19.8 Å². The van der Waals surface area contributed by atoms with Crippen LogP contribution in [0, 0.1) is 0 Å². The van der Waals surface area contributed by atoms with Crippen LogP contribution in [-0.2, 0) is 13.0 Å². The summed E-state index contributed by atoms with van der Waals surface area (Å²) in [6.45, 7) is 4.06. The number of hydrogen-bond donors (Lipinski definition) is 0. The van der Waals surface area contributed by atoms with Crippen LogP contribution in [0.5, 0.6) is 5.75 Å². The summed E-state index contributed by atoms with van der Waals surface area (Å²) < 4.78 is 5.45. The van der Waals surface area contributed by atoms with Crippen molar-refractivity contribution in [3.8, 4) is 5.75 Å². The number of para-hydroxylation sites is 1. The van der Waals surface area contributed by atoms with E-state index >= 15 is 0 Å². The molecule has 1 saturated heterocycles. The van der Waals surface area contributed by atoms with E-state index in [1.54, 1.807) is 7.11 Å². The van der Waals surface area contributed by atoms with Gasteiger partial charge in [0.2, 0.25) is 0 Å². The maximum atomic E-state index is 5.45. The van der Waals surface area contributed by atoms with Crippen molar-refractivity contribution in [3.63, 3.8) is 0 Å². The summed E-state index contributed by atoms with van der Waals surface area (Å²) in [5.41, 5.74) is 3.65. The van der Waals surface area contributed by atoms with Crippen LogP contribution >= 0.6 is 0 Å². The van der Waals surface area contributed by atoms with Crippen LogP contribution in [0.25, 0.3) is 6.08 Å². The number of rotatable bonds is 5. The monoisotopic (exact) mass is 378 g/mol. The molecular weight excluding hydrogens is 348 g/mol. The molecule has 148 valence electrons. The van der Waals surface area contributed by atoms with E-state index in [0.29, 0.717) is 6.04 Å². The molecule has 0 saturated carbocycles. The highest BCUT2D eigenvalue weighted by Crippen LogP contribution is 2.30. The first-order chi connectivity index (χ1) is 13.7. The molecule has 0 bridgehead atoms. The molecule has 5 heteroatoms. The topological polar surface area (TPSA) is 41.5 Å². The van der Waals surface area contributed by atoms with Gasteiger partial charge >= 0.3 is 0 Å². The third kappa shape index (κ3) is 4.26. The van der Waals surface area contributed by atoms with Gasteiger partial charge in [0.15, 0.2) is 0 Å². The average molecular weight is 379 g/mol. The van der Waals surface area contributed by atoms with E-state index in [-0.39, 0.29) is 0 Å². The van der Waals surface area contributed by atoms with E-state index in [2.05, 4.69) is 41.3 Å². The molecule has 1 aromatic carbocycles. The number of aromatic nitrogens is 2. The first-order valence-electron chi connectivity index (χ1n) is 10.3. The van der Waals surface area contributed by atoms with Gasteiger partial charge in [0, 0.05) is 49.1 Å². The molecule has 1 unspecified atom stereocenters. The van der Waals surface area contributed by atoms with Crippen LogP contribution in [0.2, 0.25) is 0 Å². The molecular formula is C23H30N4O. The van der Waals surface area contributed by atoms with Crippen molar-refractivity contribution in [3.05, 3.63) is 59.2 Å². The maximum Gasteiger partial charge on any atom is 0.145 e. The molecule has 0 N–H and O–H groups in total. The molecule has 0 spiro atoms. The number of ether oxygens (including phenoxy) is 1. The zero-order valence-electron chi connectivity index (χ0n) is 17.0. The Hall–Kier alpha value is -2.24. The van der Waals surface area contributed by atoms with Gasteiger partial charge < -0.3 is 9.64 Å². The third-order valence-corrected chi connectivity index (χ3v) is 5.83. The second kappa shape index (κ2) is 8.84. The van der Waals surface area contributed by atoms with Crippen molar-refractivity contribution < 1.29 is 4.74 Å². The summed E-state index contributed by atoms with van der Waals surface area (Å²) in [4.78, 5) is 14.6. The molecule has 1 aromatic heterocycles. The van der Waals surface area contributed by atoms with Crippen LogP contribution in [-0.4, -0.2) is 53.6 Å². The highest BCUT2D eigenvalue weighted by atomic mass is 16.5. The third-order valence-electron chi connectivity index (χ3n) is 5.83. The first kappa shape index (κ1) is 19.1. The summed E-state index contributed by atoms with van der Waals surface area (Å²) in [6.07, 6.45) is 11.1. The molecule has 0 amide bonds. The summed E-state index contributed by atoms with van der Waals surface area (Å²) in [5.74, 6) is 1.92. The number of likely N-dealkylation sites (N-methyl/N-ethyl adjacent to an activating group) is 1. The summed E-state index contributed by atoms with van der Waals surface area (Å²) in [7, 11) is 3.88. The molecule has 0 aliphatic carbocycles. The minimum atomic E-state index is 0.320. The molecule has 28 heavy (non-hydrogen) atoms. The molecule has 4 rings (SSSR count). The summed E-state index contributed by atoms with van der Waals surface area (Å²) in [5, 5.41) is 0. The number of benzene rings is 1. The molecule has 2 aromatic rings. The van der Waals surface area contributed by atoms with Gasteiger partial charge in [-0.15, -0.1) is 0 Å². The fourth-order valence-electron chi connectivity index (χ4n) is 4.25.